The van der Waals surface area contributed by atoms with Gasteiger partial charge in [-0.3, -0.25) is 9.69 Å². The second-order valence-corrected chi connectivity index (χ2v) is 7.12. The Bertz CT molecular complexity index is 955. The summed E-state index contributed by atoms with van der Waals surface area (Å²) >= 11 is 0. The van der Waals surface area contributed by atoms with E-state index in [-0.39, 0.29) is 5.91 Å². The number of furan rings is 1. The molecule has 27 heavy (non-hydrogen) atoms. The van der Waals surface area contributed by atoms with Crippen molar-refractivity contribution in [1.29, 1.82) is 0 Å². The van der Waals surface area contributed by atoms with Crippen LogP contribution in [0, 0.1) is 6.92 Å². The van der Waals surface area contributed by atoms with Gasteiger partial charge in [0.25, 0.3) is 5.91 Å². The molecule has 5 heteroatoms. The van der Waals surface area contributed by atoms with Crippen LogP contribution in [0.15, 0.2) is 46.9 Å². The average Bonchev–Trinajstić information content (AvgIpc) is 3.14. The maximum atomic E-state index is 13.3. The van der Waals surface area contributed by atoms with Gasteiger partial charge in [0, 0.05) is 31.6 Å². The van der Waals surface area contributed by atoms with Gasteiger partial charge in [0.05, 0.1) is 11.1 Å². The van der Waals surface area contributed by atoms with Crippen molar-refractivity contribution >= 4 is 16.8 Å². The molecule has 0 atom stereocenters. The molecule has 1 fully saturated rings. The third-order valence-corrected chi connectivity index (χ3v) is 5.14. The second-order valence-electron chi connectivity index (χ2n) is 7.12. The number of benzene rings is 1. The van der Waals surface area contributed by atoms with E-state index in [1.165, 1.54) is 0 Å². The lowest BCUT2D eigenvalue weighted by Crippen LogP contribution is -2.48. The molecule has 0 bridgehead atoms. The lowest BCUT2D eigenvalue weighted by molar-refractivity contribution is 0.0639. The van der Waals surface area contributed by atoms with Gasteiger partial charge in [0.1, 0.15) is 11.5 Å². The summed E-state index contributed by atoms with van der Waals surface area (Å²) < 4.78 is 5.75. The molecular formula is C22H25N3O2. The number of aryl methyl sites for hydroxylation is 1. The number of aromatic nitrogens is 1. The van der Waals surface area contributed by atoms with Gasteiger partial charge in [-0.15, -0.1) is 0 Å². The first kappa shape index (κ1) is 17.7. The highest BCUT2D eigenvalue weighted by Gasteiger charge is 2.24. The molecule has 1 aromatic carbocycles. The zero-order valence-electron chi connectivity index (χ0n) is 15.9. The molecular weight excluding hydrogens is 338 g/mol. The fourth-order valence-corrected chi connectivity index (χ4v) is 3.71. The molecule has 0 N–H and O–H groups in total. The Morgan fingerprint density at radius 1 is 1.11 bits per heavy atom. The summed E-state index contributed by atoms with van der Waals surface area (Å²) in [4.78, 5) is 22.4. The zero-order chi connectivity index (χ0) is 18.8. The van der Waals surface area contributed by atoms with E-state index in [1.807, 2.05) is 54.3 Å². The summed E-state index contributed by atoms with van der Waals surface area (Å²) in [7, 11) is 0. The predicted molar refractivity (Wildman–Crippen MR) is 107 cm³/mol. The van der Waals surface area contributed by atoms with Crippen LogP contribution in [0.25, 0.3) is 22.4 Å². The number of pyridine rings is 1. The largest absolute Gasteiger partial charge is 0.460 e. The van der Waals surface area contributed by atoms with Crippen LogP contribution < -0.4 is 0 Å². The minimum atomic E-state index is 0.0780. The Hall–Kier alpha value is -2.66. The highest BCUT2D eigenvalue weighted by molar-refractivity contribution is 6.07. The first-order valence-electron chi connectivity index (χ1n) is 9.64. The summed E-state index contributed by atoms with van der Waals surface area (Å²) in [6, 6.07) is 13.5. The number of para-hydroxylation sites is 1. The Morgan fingerprint density at radius 3 is 2.59 bits per heavy atom. The van der Waals surface area contributed by atoms with Crippen LogP contribution >= 0.6 is 0 Å². The van der Waals surface area contributed by atoms with Gasteiger partial charge in [-0.2, -0.15) is 0 Å². The summed E-state index contributed by atoms with van der Waals surface area (Å²) in [6.45, 7) is 8.61. The van der Waals surface area contributed by atoms with Crippen molar-refractivity contribution < 1.29 is 9.21 Å². The molecule has 2 aromatic heterocycles. The second kappa shape index (κ2) is 7.53. The topological polar surface area (TPSA) is 49.6 Å². The fourth-order valence-electron chi connectivity index (χ4n) is 3.71. The van der Waals surface area contributed by atoms with Gasteiger partial charge in [-0.05, 0) is 44.2 Å². The molecule has 0 spiro atoms. The van der Waals surface area contributed by atoms with Gasteiger partial charge in [-0.1, -0.05) is 25.1 Å². The monoisotopic (exact) mass is 363 g/mol. The van der Waals surface area contributed by atoms with Gasteiger partial charge in [0.2, 0.25) is 0 Å². The number of hydrogen-bond donors (Lipinski definition) is 0. The van der Waals surface area contributed by atoms with Crippen molar-refractivity contribution in [1.82, 2.24) is 14.8 Å². The van der Waals surface area contributed by atoms with Crippen LogP contribution in [0.4, 0.5) is 0 Å². The lowest BCUT2D eigenvalue weighted by atomic mass is 10.0. The van der Waals surface area contributed by atoms with Crippen molar-refractivity contribution in [3.8, 4) is 11.5 Å². The SMILES string of the molecule is CCCN1CCN(C(=O)c2cc(-c3ccc(C)o3)nc3ccccc23)CC1. The van der Waals surface area contributed by atoms with Gasteiger partial charge in [0.15, 0.2) is 5.76 Å². The molecule has 0 unspecified atom stereocenters. The quantitative estimate of drug-likeness (QED) is 0.704. The van der Waals surface area contributed by atoms with Crippen molar-refractivity contribution in [3.63, 3.8) is 0 Å². The van der Waals surface area contributed by atoms with Crippen LogP contribution in [-0.2, 0) is 0 Å². The molecule has 1 amide bonds. The van der Waals surface area contributed by atoms with E-state index in [2.05, 4.69) is 11.8 Å². The Morgan fingerprint density at radius 2 is 1.89 bits per heavy atom. The Kier molecular flexibility index (Phi) is 4.94. The molecule has 3 heterocycles. The first-order valence-corrected chi connectivity index (χ1v) is 9.64. The fraction of sp³-hybridized carbons (Fsp3) is 0.364. The number of carbonyl (C=O) groups excluding carboxylic acids is 1. The Balaban J connectivity index is 1.69. The predicted octanol–water partition coefficient (Wildman–Crippen LogP) is 3.97. The first-order chi connectivity index (χ1) is 13.2. The number of fused-ring (bicyclic) bond motifs is 1. The molecule has 3 aromatic rings. The van der Waals surface area contributed by atoms with E-state index in [9.17, 15) is 4.79 Å². The number of piperazine rings is 1. The lowest BCUT2D eigenvalue weighted by Gasteiger charge is -2.34. The van der Waals surface area contributed by atoms with Gasteiger partial charge < -0.3 is 9.32 Å². The summed E-state index contributed by atoms with van der Waals surface area (Å²) in [5.74, 6) is 1.61. The summed E-state index contributed by atoms with van der Waals surface area (Å²) in [5, 5.41) is 0.894. The molecule has 0 aliphatic carbocycles. The van der Waals surface area contributed by atoms with Crippen molar-refractivity contribution in [2.45, 2.75) is 20.3 Å². The maximum Gasteiger partial charge on any atom is 0.254 e. The van der Waals surface area contributed by atoms with E-state index in [4.69, 9.17) is 9.40 Å². The highest BCUT2D eigenvalue weighted by atomic mass is 16.3. The molecule has 0 saturated carbocycles. The van der Waals surface area contributed by atoms with Crippen LogP contribution in [0.5, 0.6) is 0 Å². The average molecular weight is 363 g/mol. The van der Waals surface area contributed by atoms with E-state index in [0.29, 0.717) is 17.0 Å². The van der Waals surface area contributed by atoms with E-state index >= 15 is 0 Å². The van der Waals surface area contributed by atoms with Crippen LogP contribution in [0.2, 0.25) is 0 Å². The molecule has 1 saturated heterocycles. The zero-order valence-corrected chi connectivity index (χ0v) is 15.9. The maximum absolute atomic E-state index is 13.3. The normalized spacial score (nSPS) is 15.4. The van der Waals surface area contributed by atoms with Crippen molar-refractivity contribution in [2.75, 3.05) is 32.7 Å². The number of rotatable bonds is 4. The van der Waals surface area contributed by atoms with E-state index in [1.54, 1.807) is 0 Å². The molecule has 1 aliphatic heterocycles. The van der Waals surface area contributed by atoms with Crippen LogP contribution in [0.1, 0.15) is 29.5 Å². The molecule has 1 aliphatic rings. The number of nitrogens with zero attached hydrogens (tertiary/aromatic N) is 3. The smallest absolute Gasteiger partial charge is 0.254 e. The minimum Gasteiger partial charge on any atom is -0.460 e. The Labute approximate surface area is 159 Å². The van der Waals surface area contributed by atoms with Gasteiger partial charge in [-0.25, -0.2) is 4.98 Å². The van der Waals surface area contributed by atoms with Crippen molar-refractivity contribution in [3.05, 3.63) is 53.8 Å². The number of hydrogen-bond acceptors (Lipinski definition) is 4. The third kappa shape index (κ3) is 3.60. The summed E-state index contributed by atoms with van der Waals surface area (Å²) in [6.07, 6.45) is 1.15. The third-order valence-electron chi connectivity index (χ3n) is 5.14. The molecule has 140 valence electrons. The molecule has 4 rings (SSSR count). The number of carbonyl (C=O) groups is 1. The highest BCUT2D eigenvalue weighted by Crippen LogP contribution is 2.27. The van der Waals surface area contributed by atoms with Gasteiger partial charge >= 0.3 is 0 Å². The van der Waals surface area contributed by atoms with E-state index < -0.39 is 0 Å². The van der Waals surface area contributed by atoms with Crippen molar-refractivity contribution in [2.24, 2.45) is 0 Å². The molecule has 5 nitrogen and oxygen atoms in total. The standard InChI is InChI=1S/C22H25N3O2/c1-3-10-24-11-13-25(14-12-24)22(26)18-15-20(21-9-8-16(2)27-21)23-19-7-5-4-6-17(18)19/h4-9,15H,3,10-14H2,1-2H3. The molecule has 0 radical (unpaired) electrons. The van der Waals surface area contributed by atoms with Crippen LogP contribution in [0.3, 0.4) is 0 Å². The minimum absolute atomic E-state index is 0.0780. The van der Waals surface area contributed by atoms with Crippen LogP contribution in [-0.4, -0.2) is 53.4 Å². The summed E-state index contributed by atoms with van der Waals surface area (Å²) in [5.41, 5.74) is 2.22. The number of amides is 1. The van der Waals surface area contributed by atoms with E-state index in [0.717, 1.165) is 55.8 Å².